The quantitative estimate of drug-likeness (QED) is 0.375. The van der Waals surface area contributed by atoms with Gasteiger partial charge < -0.3 is 9.53 Å². The summed E-state index contributed by atoms with van der Waals surface area (Å²) in [6.45, 7) is 2.17. The van der Waals surface area contributed by atoms with Crippen molar-refractivity contribution in [3.05, 3.63) is 41.5 Å². The number of ether oxygens (including phenoxy) is 1. The summed E-state index contributed by atoms with van der Waals surface area (Å²) in [5, 5.41) is 0. The van der Waals surface area contributed by atoms with E-state index in [0.717, 1.165) is 44.1 Å². The molecule has 2 nitrogen and oxygen atoms in total. The predicted molar refractivity (Wildman–Crippen MR) is 79.6 cm³/mol. The Bertz CT molecular complexity index is 407. The van der Waals surface area contributed by atoms with Crippen LogP contribution in [0.2, 0.25) is 0 Å². The monoisotopic (exact) mass is 260 g/mol. The van der Waals surface area contributed by atoms with E-state index < -0.39 is 0 Å². The van der Waals surface area contributed by atoms with Crippen LogP contribution in [0.4, 0.5) is 0 Å². The second-order valence-corrected chi connectivity index (χ2v) is 4.85. The van der Waals surface area contributed by atoms with E-state index in [1.165, 1.54) is 11.1 Å². The van der Waals surface area contributed by atoms with Crippen LogP contribution >= 0.6 is 0 Å². The van der Waals surface area contributed by atoms with Gasteiger partial charge in [0.2, 0.25) is 0 Å². The molecule has 0 N–H and O–H groups in total. The topological polar surface area (TPSA) is 26.3 Å². The first kappa shape index (κ1) is 15.5. The smallest absolute Gasteiger partial charge is 0.119 e. The average molecular weight is 260 g/mol. The van der Waals surface area contributed by atoms with Crippen molar-refractivity contribution in [2.45, 2.75) is 45.4 Å². The number of rotatable bonds is 9. The SMILES string of the molecule is COc1cccc(CCC=C(C)CCCCC=O)c1. The number of benzene rings is 1. The molecule has 0 spiro atoms. The second-order valence-electron chi connectivity index (χ2n) is 4.85. The highest BCUT2D eigenvalue weighted by atomic mass is 16.5. The van der Waals surface area contributed by atoms with Crippen LogP contribution in [0.25, 0.3) is 0 Å². The lowest BCUT2D eigenvalue weighted by Gasteiger charge is -2.04. The average Bonchev–Trinajstić information content (AvgIpc) is 2.44. The number of aryl methyl sites for hydroxylation is 1. The highest BCUT2D eigenvalue weighted by molar-refractivity contribution is 5.48. The zero-order valence-corrected chi connectivity index (χ0v) is 12.0. The van der Waals surface area contributed by atoms with E-state index >= 15 is 0 Å². The summed E-state index contributed by atoms with van der Waals surface area (Å²) >= 11 is 0. The first-order valence-corrected chi connectivity index (χ1v) is 6.98. The molecule has 0 aliphatic rings. The normalized spacial score (nSPS) is 11.4. The molecule has 104 valence electrons. The van der Waals surface area contributed by atoms with Crippen molar-refractivity contribution in [3.63, 3.8) is 0 Å². The summed E-state index contributed by atoms with van der Waals surface area (Å²) in [4.78, 5) is 10.2. The summed E-state index contributed by atoms with van der Waals surface area (Å²) in [5.74, 6) is 0.923. The number of carbonyl (C=O) groups excluding carboxylic acids is 1. The molecule has 2 heteroatoms. The molecule has 0 fully saturated rings. The Labute approximate surface area is 116 Å². The van der Waals surface area contributed by atoms with Crippen LogP contribution in [0.15, 0.2) is 35.9 Å². The number of aldehydes is 1. The second kappa shape index (κ2) is 9.37. The van der Waals surface area contributed by atoms with Crippen LogP contribution in [-0.4, -0.2) is 13.4 Å². The highest BCUT2D eigenvalue weighted by Crippen LogP contribution is 2.15. The van der Waals surface area contributed by atoms with Crippen molar-refractivity contribution in [2.75, 3.05) is 7.11 Å². The van der Waals surface area contributed by atoms with Gasteiger partial charge in [0, 0.05) is 6.42 Å². The lowest BCUT2D eigenvalue weighted by Crippen LogP contribution is -1.88. The molecule has 0 radical (unpaired) electrons. The van der Waals surface area contributed by atoms with Crippen molar-refractivity contribution >= 4 is 6.29 Å². The van der Waals surface area contributed by atoms with Crippen molar-refractivity contribution < 1.29 is 9.53 Å². The third kappa shape index (κ3) is 6.80. The Kier molecular flexibility index (Phi) is 7.64. The van der Waals surface area contributed by atoms with Gasteiger partial charge in [-0.05, 0) is 56.7 Å². The standard InChI is InChI=1S/C17H24O2/c1-15(8-4-3-5-13-18)9-6-10-16-11-7-12-17(14-16)19-2/h7,9,11-14H,3-6,8,10H2,1-2H3. The molecule has 0 heterocycles. The summed E-state index contributed by atoms with van der Waals surface area (Å²) in [6, 6.07) is 8.23. The van der Waals surface area contributed by atoms with E-state index in [1.807, 2.05) is 12.1 Å². The van der Waals surface area contributed by atoms with Gasteiger partial charge in [-0.15, -0.1) is 0 Å². The molecule has 0 amide bonds. The van der Waals surface area contributed by atoms with Gasteiger partial charge in [-0.1, -0.05) is 23.8 Å². The summed E-state index contributed by atoms with van der Waals surface area (Å²) < 4.78 is 5.21. The number of carbonyl (C=O) groups is 1. The molecule has 1 aromatic carbocycles. The molecular weight excluding hydrogens is 236 g/mol. The molecule has 0 aromatic heterocycles. The molecule has 1 rings (SSSR count). The van der Waals surface area contributed by atoms with Gasteiger partial charge in [-0.2, -0.15) is 0 Å². The van der Waals surface area contributed by atoms with Crippen molar-refractivity contribution in [1.82, 2.24) is 0 Å². The maximum Gasteiger partial charge on any atom is 0.119 e. The first-order valence-electron chi connectivity index (χ1n) is 6.98. The minimum absolute atomic E-state index is 0.692. The fraction of sp³-hybridized carbons (Fsp3) is 0.471. The molecule has 0 saturated heterocycles. The van der Waals surface area contributed by atoms with Crippen molar-refractivity contribution in [3.8, 4) is 5.75 Å². The molecule has 0 bridgehead atoms. The van der Waals surface area contributed by atoms with Gasteiger partial charge in [0.15, 0.2) is 0 Å². The predicted octanol–water partition coefficient (Wildman–Crippen LogP) is 4.33. The molecule has 0 saturated carbocycles. The summed E-state index contributed by atoms with van der Waals surface area (Å²) in [7, 11) is 1.70. The number of hydrogen-bond acceptors (Lipinski definition) is 2. The number of hydrogen-bond donors (Lipinski definition) is 0. The largest absolute Gasteiger partial charge is 0.497 e. The van der Waals surface area contributed by atoms with Crippen LogP contribution in [0.3, 0.4) is 0 Å². The van der Waals surface area contributed by atoms with Gasteiger partial charge >= 0.3 is 0 Å². The van der Waals surface area contributed by atoms with E-state index in [9.17, 15) is 4.79 Å². The molecular formula is C17H24O2. The lowest BCUT2D eigenvalue weighted by atomic mass is 10.0. The zero-order chi connectivity index (χ0) is 13.9. The van der Waals surface area contributed by atoms with Crippen LogP contribution in [0, 0.1) is 0 Å². The van der Waals surface area contributed by atoms with Gasteiger partial charge in [0.1, 0.15) is 12.0 Å². The van der Waals surface area contributed by atoms with Crippen molar-refractivity contribution in [2.24, 2.45) is 0 Å². The maximum absolute atomic E-state index is 10.2. The van der Waals surface area contributed by atoms with E-state index in [4.69, 9.17) is 4.74 Å². The Morgan fingerprint density at radius 3 is 2.84 bits per heavy atom. The van der Waals surface area contributed by atoms with E-state index in [2.05, 4.69) is 25.1 Å². The first-order chi connectivity index (χ1) is 9.26. The number of allylic oxidation sites excluding steroid dienone is 2. The van der Waals surface area contributed by atoms with Crippen LogP contribution in [0.1, 0.15) is 44.6 Å². The minimum atomic E-state index is 0.692. The van der Waals surface area contributed by atoms with E-state index in [-0.39, 0.29) is 0 Å². The summed E-state index contributed by atoms with van der Waals surface area (Å²) in [5.41, 5.74) is 2.73. The van der Waals surface area contributed by atoms with Crippen LogP contribution < -0.4 is 4.74 Å². The zero-order valence-electron chi connectivity index (χ0n) is 12.0. The molecule has 0 unspecified atom stereocenters. The number of unbranched alkanes of at least 4 members (excludes halogenated alkanes) is 2. The Hall–Kier alpha value is -1.57. The highest BCUT2D eigenvalue weighted by Gasteiger charge is 1.96. The molecule has 1 aromatic rings. The Morgan fingerprint density at radius 1 is 1.26 bits per heavy atom. The van der Waals surface area contributed by atoms with Crippen LogP contribution in [0.5, 0.6) is 5.75 Å². The molecule has 19 heavy (non-hydrogen) atoms. The number of methoxy groups -OCH3 is 1. The maximum atomic E-state index is 10.2. The Morgan fingerprint density at radius 2 is 2.11 bits per heavy atom. The van der Waals surface area contributed by atoms with E-state index in [1.54, 1.807) is 7.11 Å². The third-order valence-corrected chi connectivity index (χ3v) is 3.20. The minimum Gasteiger partial charge on any atom is -0.497 e. The Balaban J connectivity index is 2.29. The van der Waals surface area contributed by atoms with Crippen molar-refractivity contribution in [1.29, 1.82) is 0 Å². The third-order valence-electron chi connectivity index (χ3n) is 3.20. The van der Waals surface area contributed by atoms with Gasteiger partial charge in [0.05, 0.1) is 7.11 Å². The summed E-state index contributed by atoms with van der Waals surface area (Å²) in [6.07, 6.45) is 9.33. The fourth-order valence-electron chi connectivity index (χ4n) is 2.05. The molecule has 0 atom stereocenters. The van der Waals surface area contributed by atoms with Gasteiger partial charge in [-0.3, -0.25) is 0 Å². The lowest BCUT2D eigenvalue weighted by molar-refractivity contribution is -0.107. The molecule has 0 aliphatic carbocycles. The van der Waals surface area contributed by atoms with E-state index in [0.29, 0.717) is 6.42 Å². The molecule has 0 aliphatic heterocycles. The van der Waals surface area contributed by atoms with Gasteiger partial charge in [0.25, 0.3) is 0 Å². The van der Waals surface area contributed by atoms with Gasteiger partial charge in [-0.25, -0.2) is 0 Å². The van der Waals surface area contributed by atoms with Crippen LogP contribution in [-0.2, 0) is 11.2 Å². The fourth-order valence-corrected chi connectivity index (χ4v) is 2.05.